The van der Waals surface area contributed by atoms with Crippen molar-refractivity contribution < 1.29 is 0 Å². The van der Waals surface area contributed by atoms with E-state index in [1.54, 1.807) is 0 Å². The third kappa shape index (κ3) is 1.97. The second kappa shape index (κ2) is 5.14. The van der Waals surface area contributed by atoms with Crippen LogP contribution in [0.1, 0.15) is 0 Å². The molecule has 0 unspecified atom stereocenters. The van der Waals surface area contributed by atoms with E-state index in [1.165, 1.54) is 10.8 Å². The molecule has 0 aliphatic carbocycles. The van der Waals surface area contributed by atoms with Gasteiger partial charge in [-0.1, -0.05) is 54.6 Å². The Kier molecular flexibility index (Phi) is 2.83. The predicted octanol–water partition coefficient (Wildman–Crippen LogP) is 5.60. The van der Waals surface area contributed by atoms with Crippen molar-refractivity contribution in [3.8, 4) is 11.3 Å². The zero-order valence-corrected chi connectivity index (χ0v) is 13.0. The number of para-hydroxylation sites is 1. The number of aromatic nitrogens is 2. The predicted molar refractivity (Wildman–Crippen MR) is 100.0 cm³/mol. The number of hydrogen-bond acceptors (Lipinski definition) is 2. The van der Waals surface area contributed by atoms with E-state index in [-0.39, 0.29) is 0 Å². The number of pyridine rings is 2. The number of fused-ring (bicyclic) bond motifs is 4. The highest BCUT2D eigenvalue weighted by atomic mass is 14.7. The molecule has 0 aliphatic rings. The van der Waals surface area contributed by atoms with Crippen molar-refractivity contribution in [2.24, 2.45) is 0 Å². The van der Waals surface area contributed by atoms with Gasteiger partial charge in [0.2, 0.25) is 0 Å². The lowest BCUT2D eigenvalue weighted by molar-refractivity contribution is 1.36. The molecule has 0 bridgehead atoms. The monoisotopic (exact) mass is 306 g/mol. The summed E-state index contributed by atoms with van der Waals surface area (Å²) in [7, 11) is 0. The van der Waals surface area contributed by atoms with Gasteiger partial charge < -0.3 is 0 Å². The Morgan fingerprint density at radius 2 is 1.46 bits per heavy atom. The van der Waals surface area contributed by atoms with Gasteiger partial charge in [0, 0.05) is 27.9 Å². The summed E-state index contributed by atoms with van der Waals surface area (Å²) in [6, 6.07) is 27.1. The average molecular weight is 306 g/mol. The van der Waals surface area contributed by atoms with Gasteiger partial charge in [0.15, 0.2) is 0 Å². The first-order chi connectivity index (χ1) is 11.9. The van der Waals surface area contributed by atoms with Crippen molar-refractivity contribution in [3.63, 3.8) is 0 Å². The third-order valence-corrected chi connectivity index (χ3v) is 4.47. The van der Waals surface area contributed by atoms with Crippen molar-refractivity contribution in [3.05, 3.63) is 85.1 Å². The molecular formula is C22H14N2. The molecule has 112 valence electrons. The smallest absolute Gasteiger partial charge is 0.0787 e. The SMILES string of the molecule is c1ccc(-c2nccc3ccc4nc5ccccc5cc4c23)cc1. The Bertz CT molecular complexity index is 1190. The maximum Gasteiger partial charge on any atom is 0.0787 e. The highest BCUT2D eigenvalue weighted by molar-refractivity contribution is 6.14. The van der Waals surface area contributed by atoms with E-state index in [9.17, 15) is 0 Å². The molecule has 2 nitrogen and oxygen atoms in total. The Hall–Kier alpha value is -3.26. The first-order valence-electron chi connectivity index (χ1n) is 8.03. The van der Waals surface area contributed by atoms with Crippen molar-refractivity contribution in [1.82, 2.24) is 9.97 Å². The molecule has 2 heterocycles. The summed E-state index contributed by atoms with van der Waals surface area (Å²) in [6.45, 7) is 0. The van der Waals surface area contributed by atoms with Crippen LogP contribution in [-0.4, -0.2) is 9.97 Å². The zero-order chi connectivity index (χ0) is 15.9. The van der Waals surface area contributed by atoms with Crippen LogP contribution in [0, 0.1) is 0 Å². The summed E-state index contributed by atoms with van der Waals surface area (Å²) in [6.07, 6.45) is 1.88. The first kappa shape index (κ1) is 13.2. The molecule has 0 amide bonds. The summed E-state index contributed by atoms with van der Waals surface area (Å²) in [5.74, 6) is 0. The second-order valence-corrected chi connectivity index (χ2v) is 5.94. The minimum absolute atomic E-state index is 1.01. The van der Waals surface area contributed by atoms with E-state index in [1.807, 2.05) is 18.3 Å². The fourth-order valence-electron chi connectivity index (χ4n) is 3.34. The molecule has 0 saturated heterocycles. The molecule has 2 aromatic heterocycles. The number of rotatable bonds is 1. The molecule has 0 saturated carbocycles. The van der Waals surface area contributed by atoms with Crippen molar-refractivity contribution in [2.75, 3.05) is 0 Å². The zero-order valence-electron chi connectivity index (χ0n) is 13.0. The van der Waals surface area contributed by atoms with E-state index in [4.69, 9.17) is 4.98 Å². The normalized spacial score (nSPS) is 11.3. The van der Waals surface area contributed by atoms with E-state index >= 15 is 0 Å². The molecule has 5 aromatic rings. The van der Waals surface area contributed by atoms with Crippen LogP contribution in [0.5, 0.6) is 0 Å². The third-order valence-electron chi connectivity index (χ3n) is 4.47. The maximum absolute atomic E-state index is 4.83. The first-order valence-corrected chi connectivity index (χ1v) is 8.03. The molecule has 2 heteroatoms. The molecule has 0 aliphatic heterocycles. The Balaban J connectivity index is 1.97. The summed E-state index contributed by atoms with van der Waals surface area (Å²) in [4.78, 5) is 9.51. The van der Waals surface area contributed by atoms with Gasteiger partial charge in [0.25, 0.3) is 0 Å². The van der Waals surface area contributed by atoms with E-state index in [2.05, 4.69) is 71.7 Å². The van der Waals surface area contributed by atoms with Gasteiger partial charge in [0.05, 0.1) is 16.7 Å². The molecular weight excluding hydrogens is 292 g/mol. The number of benzene rings is 3. The summed E-state index contributed by atoms with van der Waals surface area (Å²) < 4.78 is 0. The molecule has 0 atom stereocenters. The lowest BCUT2D eigenvalue weighted by atomic mass is 9.99. The van der Waals surface area contributed by atoms with Crippen LogP contribution in [0.2, 0.25) is 0 Å². The van der Waals surface area contributed by atoms with E-state index < -0.39 is 0 Å². The van der Waals surface area contributed by atoms with Crippen LogP contribution < -0.4 is 0 Å². The van der Waals surface area contributed by atoms with Gasteiger partial charge in [-0.2, -0.15) is 0 Å². The van der Waals surface area contributed by atoms with Crippen molar-refractivity contribution in [1.29, 1.82) is 0 Å². The highest BCUT2D eigenvalue weighted by Crippen LogP contribution is 2.33. The molecule has 24 heavy (non-hydrogen) atoms. The van der Waals surface area contributed by atoms with Crippen molar-refractivity contribution >= 4 is 32.6 Å². The lowest BCUT2D eigenvalue weighted by Gasteiger charge is -2.10. The largest absolute Gasteiger partial charge is 0.256 e. The fraction of sp³-hybridized carbons (Fsp3) is 0. The Labute approximate surface area is 139 Å². The van der Waals surface area contributed by atoms with Crippen LogP contribution >= 0.6 is 0 Å². The maximum atomic E-state index is 4.83. The van der Waals surface area contributed by atoms with Gasteiger partial charge in [-0.15, -0.1) is 0 Å². The second-order valence-electron chi connectivity index (χ2n) is 5.94. The van der Waals surface area contributed by atoms with Crippen LogP contribution in [0.3, 0.4) is 0 Å². The molecule has 0 radical (unpaired) electrons. The van der Waals surface area contributed by atoms with Crippen molar-refractivity contribution in [2.45, 2.75) is 0 Å². The topological polar surface area (TPSA) is 25.8 Å². The molecule has 0 N–H and O–H groups in total. The Morgan fingerprint density at radius 3 is 2.38 bits per heavy atom. The molecule has 0 fully saturated rings. The summed E-state index contributed by atoms with van der Waals surface area (Å²) in [5, 5.41) is 4.66. The van der Waals surface area contributed by atoms with E-state index in [0.717, 1.165) is 33.1 Å². The summed E-state index contributed by atoms with van der Waals surface area (Å²) in [5.41, 5.74) is 4.17. The van der Waals surface area contributed by atoms with Gasteiger partial charge in [0.1, 0.15) is 0 Å². The average Bonchev–Trinajstić information content (AvgIpc) is 2.66. The van der Waals surface area contributed by atoms with Gasteiger partial charge >= 0.3 is 0 Å². The Morgan fingerprint density at radius 1 is 0.625 bits per heavy atom. The minimum Gasteiger partial charge on any atom is -0.256 e. The molecule has 5 rings (SSSR count). The van der Waals surface area contributed by atoms with Crippen LogP contribution in [0.25, 0.3) is 43.8 Å². The standard InChI is InChI=1S/C22H14N2/c1-2-6-16(7-3-1)22-21-15(12-13-23-22)10-11-20-18(21)14-17-8-4-5-9-19(17)24-20/h1-14H. The summed E-state index contributed by atoms with van der Waals surface area (Å²) >= 11 is 0. The van der Waals surface area contributed by atoms with E-state index in [0.29, 0.717) is 0 Å². The van der Waals surface area contributed by atoms with Crippen LogP contribution in [-0.2, 0) is 0 Å². The van der Waals surface area contributed by atoms with Gasteiger partial charge in [-0.05, 0) is 29.7 Å². The fourth-order valence-corrected chi connectivity index (χ4v) is 3.34. The highest BCUT2D eigenvalue weighted by Gasteiger charge is 2.10. The number of hydrogen-bond donors (Lipinski definition) is 0. The molecule has 3 aromatic carbocycles. The quantitative estimate of drug-likeness (QED) is 0.297. The lowest BCUT2D eigenvalue weighted by Crippen LogP contribution is -1.89. The number of nitrogens with zero attached hydrogens (tertiary/aromatic N) is 2. The molecule has 0 spiro atoms. The van der Waals surface area contributed by atoms with Crippen LogP contribution in [0.15, 0.2) is 85.1 Å². The van der Waals surface area contributed by atoms with Gasteiger partial charge in [-0.25, -0.2) is 4.98 Å². The minimum atomic E-state index is 1.01. The van der Waals surface area contributed by atoms with Crippen LogP contribution in [0.4, 0.5) is 0 Å². The van der Waals surface area contributed by atoms with Gasteiger partial charge in [-0.3, -0.25) is 4.98 Å².